The van der Waals surface area contributed by atoms with E-state index in [1.165, 1.54) is 5.56 Å². The molecular weight excluding hydrogens is 302 g/mol. The van der Waals surface area contributed by atoms with Crippen molar-refractivity contribution in [2.45, 2.75) is 38.6 Å². The summed E-state index contributed by atoms with van der Waals surface area (Å²) in [5, 5.41) is 8.53. The van der Waals surface area contributed by atoms with E-state index < -0.39 is 0 Å². The van der Waals surface area contributed by atoms with Crippen LogP contribution in [0.25, 0.3) is 0 Å². The average Bonchev–Trinajstić information content (AvgIpc) is 2.83. The van der Waals surface area contributed by atoms with Crippen LogP contribution in [0.2, 0.25) is 0 Å². The third kappa shape index (κ3) is 2.02. The first-order valence-electron chi connectivity index (χ1n) is 6.80. The second kappa shape index (κ2) is 4.75. The molecule has 0 spiro atoms. The predicted molar refractivity (Wildman–Crippen MR) is 79.0 cm³/mol. The monoisotopic (exact) mass is 319 g/mol. The normalized spacial score (nSPS) is 26.2. The molecule has 0 saturated heterocycles. The average molecular weight is 320 g/mol. The Labute approximate surface area is 122 Å². The van der Waals surface area contributed by atoms with Crippen molar-refractivity contribution in [2.75, 3.05) is 0 Å². The minimum absolute atomic E-state index is 0.0513. The molecule has 0 N–H and O–H groups in total. The summed E-state index contributed by atoms with van der Waals surface area (Å²) < 4.78 is 3.30. The summed E-state index contributed by atoms with van der Waals surface area (Å²) in [4.78, 5) is 0. The van der Waals surface area contributed by atoms with Crippen LogP contribution in [0, 0.1) is 5.92 Å². The van der Waals surface area contributed by atoms with E-state index in [2.05, 4.69) is 68.8 Å². The van der Waals surface area contributed by atoms with Gasteiger partial charge in [0.25, 0.3) is 0 Å². The number of rotatable bonds is 3. The van der Waals surface area contributed by atoms with Gasteiger partial charge in [-0.05, 0) is 43.4 Å². The molecule has 1 fully saturated rings. The van der Waals surface area contributed by atoms with Crippen LogP contribution < -0.4 is 0 Å². The highest BCUT2D eigenvalue weighted by Gasteiger charge is 2.48. The Balaban J connectivity index is 2.10. The van der Waals surface area contributed by atoms with E-state index in [0.717, 1.165) is 35.6 Å². The summed E-state index contributed by atoms with van der Waals surface area (Å²) in [6, 6.07) is 8.62. The van der Waals surface area contributed by atoms with E-state index in [-0.39, 0.29) is 5.41 Å². The van der Waals surface area contributed by atoms with Crippen LogP contribution in [0.1, 0.15) is 38.1 Å². The maximum absolute atomic E-state index is 4.42. The van der Waals surface area contributed by atoms with Crippen molar-refractivity contribution in [2.24, 2.45) is 5.92 Å². The first kappa shape index (κ1) is 12.9. The lowest BCUT2D eigenvalue weighted by molar-refractivity contribution is 0.184. The fraction of sp³-hybridized carbons (Fsp3) is 0.467. The molecule has 0 atom stereocenters. The highest BCUT2D eigenvalue weighted by molar-refractivity contribution is 9.10. The van der Waals surface area contributed by atoms with E-state index in [9.17, 15) is 0 Å². The zero-order valence-corrected chi connectivity index (χ0v) is 12.9. The third-order valence-electron chi connectivity index (χ3n) is 4.16. The lowest BCUT2D eigenvalue weighted by Gasteiger charge is -2.46. The fourth-order valence-corrected chi connectivity index (χ4v) is 3.72. The first-order valence-corrected chi connectivity index (χ1v) is 7.59. The van der Waals surface area contributed by atoms with Crippen LogP contribution in [-0.4, -0.2) is 14.8 Å². The van der Waals surface area contributed by atoms with Crippen molar-refractivity contribution in [3.8, 4) is 0 Å². The van der Waals surface area contributed by atoms with Gasteiger partial charge < -0.3 is 4.57 Å². The highest BCUT2D eigenvalue weighted by Crippen LogP contribution is 2.51. The molecule has 3 rings (SSSR count). The summed E-state index contributed by atoms with van der Waals surface area (Å²) in [6.45, 7) is 5.37. The summed E-state index contributed by atoms with van der Waals surface area (Å²) in [5.74, 6) is 1.87. The molecule has 0 aliphatic heterocycles. The van der Waals surface area contributed by atoms with Crippen LogP contribution in [0.5, 0.6) is 0 Å². The molecule has 1 aromatic carbocycles. The van der Waals surface area contributed by atoms with Crippen molar-refractivity contribution in [3.05, 3.63) is 46.5 Å². The van der Waals surface area contributed by atoms with Crippen LogP contribution >= 0.6 is 15.9 Å². The second-order valence-corrected chi connectivity index (χ2v) is 6.46. The summed E-state index contributed by atoms with van der Waals surface area (Å²) >= 11 is 3.58. The van der Waals surface area contributed by atoms with E-state index in [1.807, 2.05) is 6.33 Å². The lowest BCUT2D eigenvalue weighted by atomic mass is 9.58. The number of aromatic nitrogens is 3. The molecule has 4 heteroatoms. The molecule has 1 aliphatic carbocycles. The Bertz CT molecular complexity index is 585. The standard InChI is InChI=1S/C15H18BrN3/c1-3-19-10-17-18-14(19)15(8-11(2)9-15)12-5-4-6-13(16)7-12/h4-7,10-11H,3,8-9H2,1-2H3. The Hall–Kier alpha value is -1.16. The third-order valence-corrected chi connectivity index (χ3v) is 4.65. The quantitative estimate of drug-likeness (QED) is 0.862. The van der Waals surface area contributed by atoms with Crippen molar-refractivity contribution in [1.82, 2.24) is 14.8 Å². The van der Waals surface area contributed by atoms with E-state index in [0.29, 0.717) is 0 Å². The molecule has 2 aromatic rings. The zero-order valence-electron chi connectivity index (χ0n) is 11.3. The number of nitrogens with zero attached hydrogens (tertiary/aromatic N) is 3. The van der Waals surface area contributed by atoms with Gasteiger partial charge in [-0.2, -0.15) is 0 Å². The molecule has 1 aromatic heterocycles. The first-order chi connectivity index (χ1) is 9.15. The molecule has 3 nitrogen and oxygen atoms in total. The number of aryl methyl sites for hydroxylation is 1. The zero-order chi connectivity index (χ0) is 13.5. The Morgan fingerprint density at radius 3 is 2.84 bits per heavy atom. The maximum atomic E-state index is 4.42. The minimum atomic E-state index is 0.0513. The number of hydrogen-bond donors (Lipinski definition) is 0. The molecule has 100 valence electrons. The Morgan fingerprint density at radius 2 is 2.21 bits per heavy atom. The van der Waals surface area contributed by atoms with Crippen LogP contribution in [0.3, 0.4) is 0 Å². The van der Waals surface area contributed by atoms with Crippen LogP contribution in [-0.2, 0) is 12.0 Å². The van der Waals surface area contributed by atoms with Gasteiger partial charge in [0.15, 0.2) is 0 Å². The fourth-order valence-electron chi connectivity index (χ4n) is 3.32. The number of halogens is 1. The molecule has 0 unspecified atom stereocenters. The molecule has 0 amide bonds. The van der Waals surface area contributed by atoms with Gasteiger partial charge in [0, 0.05) is 11.0 Å². The number of benzene rings is 1. The second-order valence-electron chi connectivity index (χ2n) is 5.55. The lowest BCUT2D eigenvalue weighted by Crippen LogP contribution is -2.43. The van der Waals surface area contributed by atoms with Gasteiger partial charge in [-0.1, -0.05) is 35.0 Å². The molecule has 1 saturated carbocycles. The Morgan fingerprint density at radius 1 is 1.42 bits per heavy atom. The SMILES string of the molecule is CCn1cnnc1C1(c2cccc(Br)c2)CC(C)C1. The molecule has 19 heavy (non-hydrogen) atoms. The summed E-state index contributed by atoms with van der Waals surface area (Å²) in [5.41, 5.74) is 1.40. The van der Waals surface area contributed by atoms with Gasteiger partial charge in [-0.25, -0.2) is 0 Å². The van der Waals surface area contributed by atoms with E-state index in [4.69, 9.17) is 0 Å². The molecule has 0 bridgehead atoms. The van der Waals surface area contributed by atoms with Gasteiger partial charge in [-0.15, -0.1) is 10.2 Å². The molecule has 1 aliphatic rings. The Kier molecular flexibility index (Phi) is 3.21. The van der Waals surface area contributed by atoms with Crippen molar-refractivity contribution >= 4 is 15.9 Å². The van der Waals surface area contributed by atoms with Crippen molar-refractivity contribution in [1.29, 1.82) is 0 Å². The molecule has 0 radical (unpaired) electrons. The van der Waals surface area contributed by atoms with Crippen molar-refractivity contribution in [3.63, 3.8) is 0 Å². The molecular formula is C15H18BrN3. The van der Waals surface area contributed by atoms with E-state index in [1.54, 1.807) is 0 Å². The van der Waals surface area contributed by atoms with Crippen molar-refractivity contribution < 1.29 is 0 Å². The summed E-state index contributed by atoms with van der Waals surface area (Å²) in [6.07, 6.45) is 4.16. The maximum Gasteiger partial charge on any atom is 0.143 e. The van der Waals surface area contributed by atoms with Gasteiger partial charge >= 0.3 is 0 Å². The largest absolute Gasteiger partial charge is 0.317 e. The van der Waals surface area contributed by atoms with Crippen LogP contribution in [0.4, 0.5) is 0 Å². The van der Waals surface area contributed by atoms with Gasteiger partial charge in [0.05, 0.1) is 5.41 Å². The highest BCUT2D eigenvalue weighted by atomic mass is 79.9. The van der Waals surface area contributed by atoms with E-state index >= 15 is 0 Å². The minimum Gasteiger partial charge on any atom is -0.317 e. The molecule has 1 heterocycles. The van der Waals surface area contributed by atoms with Gasteiger partial charge in [0.2, 0.25) is 0 Å². The van der Waals surface area contributed by atoms with Gasteiger partial charge in [0.1, 0.15) is 12.2 Å². The number of hydrogen-bond acceptors (Lipinski definition) is 2. The van der Waals surface area contributed by atoms with Crippen LogP contribution in [0.15, 0.2) is 35.1 Å². The van der Waals surface area contributed by atoms with Gasteiger partial charge in [-0.3, -0.25) is 0 Å². The smallest absolute Gasteiger partial charge is 0.143 e. The predicted octanol–water partition coefficient (Wildman–Crippen LogP) is 3.78. The summed E-state index contributed by atoms with van der Waals surface area (Å²) in [7, 11) is 0. The topological polar surface area (TPSA) is 30.7 Å².